The third kappa shape index (κ3) is 12.6. The molecule has 0 atom stereocenters. The minimum Gasteiger partial charge on any atom is -0.456 e. The monoisotopic (exact) mass is 876 g/mol. The van der Waals surface area contributed by atoms with Gasteiger partial charge in [0.25, 0.3) is 0 Å². The van der Waals surface area contributed by atoms with Gasteiger partial charge in [-0.1, -0.05) is 37.5 Å². The van der Waals surface area contributed by atoms with Crippen molar-refractivity contribution in [3.05, 3.63) is 82.5 Å². The van der Waals surface area contributed by atoms with Crippen LogP contribution in [0.25, 0.3) is 0 Å². The van der Waals surface area contributed by atoms with Gasteiger partial charge in [-0.05, 0) is 97.9 Å². The van der Waals surface area contributed by atoms with Gasteiger partial charge in [-0.25, -0.2) is 4.79 Å². The Morgan fingerprint density at radius 3 is 1.92 bits per heavy atom. The number of allylic oxidation sites excluding steroid dienone is 3. The molecule has 0 aromatic heterocycles. The number of amides is 2. The van der Waals surface area contributed by atoms with E-state index in [1.807, 2.05) is 0 Å². The van der Waals surface area contributed by atoms with Crippen molar-refractivity contribution < 1.29 is 52.4 Å². The lowest BCUT2D eigenvalue weighted by Gasteiger charge is -2.36. The van der Waals surface area contributed by atoms with Crippen LogP contribution in [0.5, 0.6) is 23.0 Å². The van der Waals surface area contributed by atoms with Crippen LogP contribution in [0.1, 0.15) is 110 Å². The maximum absolute atomic E-state index is 13.8. The van der Waals surface area contributed by atoms with Crippen molar-refractivity contribution in [2.24, 2.45) is 10.8 Å². The van der Waals surface area contributed by atoms with Gasteiger partial charge in [0.1, 0.15) is 23.0 Å². The maximum Gasteiger partial charge on any atom is 0.339 e. The van der Waals surface area contributed by atoms with Crippen molar-refractivity contribution in [2.45, 2.75) is 105 Å². The lowest BCUT2D eigenvalue weighted by Crippen LogP contribution is -2.33. The molecule has 2 N–H and O–H groups in total. The van der Waals surface area contributed by atoms with Gasteiger partial charge in [0.2, 0.25) is 11.8 Å². The van der Waals surface area contributed by atoms with Crippen LogP contribution in [0.2, 0.25) is 0 Å². The van der Waals surface area contributed by atoms with Crippen LogP contribution >= 0.6 is 11.6 Å². The predicted molar refractivity (Wildman–Crippen MR) is 234 cm³/mol. The van der Waals surface area contributed by atoms with Crippen molar-refractivity contribution in [1.82, 2.24) is 10.6 Å². The number of esters is 3. The van der Waals surface area contributed by atoms with Crippen molar-refractivity contribution >= 4 is 41.3 Å². The highest BCUT2D eigenvalue weighted by molar-refractivity contribution is 6.17. The number of halogens is 1. The Labute approximate surface area is 369 Å². The number of hydrogen-bond donors (Lipinski definition) is 2. The Balaban J connectivity index is 1.19. The summed E-state index contributed by atoms with van der Waals surface area (Å²) in [5, 5.41) is 5.85. The van der Waals surface area contributed by atoms with E-state index in [4.69, 9.17) is 40.0 Å². The molecule has 3 aliphatic rings. The molecule has 0 bridgehead atoms. The fourth-order valence-electron chi connectivity index (χ4n) is 6.88. The van der Waals surface area contributed by atoms with Crippen LogP contribution in [0.15, 0.2) is 71.3 Å². The van der Waals surface area contributed by atoms with E-state index < -0.39 is 34.3 Å². The predicted octanol–water partition coefficient (Wildman–Crippen LogP) is 8.30. The van der Waals surface area contributed by atoms with Crippen molar-refractivity contribution in [2.75, 3.05) is 45.4 Å². The third-order valence-electron chi connectivity index (χ3n) is 10.4. The van der Waals surface area contributed by atoms with Gasteiger partial charge in [0.15, 0.2) is 5.60 Å². The molecule has 0 saturated carbocycles. The van der Waals surface area contributed by atoms with Gasteiger partial charge >= 0.3 is 17.9 Å². The Kier molecular flexibility index (Phi) is 17.0. The molecule has 2 aliphatic heterocycles. The molecule has 13 nitrogen and oxygen atoms in total. The average Bonchev–Trinajstić information content (AvgIpc) is 3.33. The molecule has 14 heteroatoms. The number of unbranched alkanes of at least 4 members (excludes halogenated alkanes) is 5. The number of benzene rings is 2. The van der Waals surface area contributed by atoms with Gasteiger partial charge in [-0.2, -0.15) is 0 Å². The number of ether oxygens (including phenoxy) is 6. The molecule has 1 fully saturated rings. The number of rotatable bonds is 21. The first-order valence-corrected chi connectivity index (χ1v) is 22.1. The fourth-order valence-corrected chi connectivity index (χ4v) is 7.07. The molecule has 0 unspecified atom stereocenters. The second kappa shape index (κ2) is 21.9. The van der Waals surface area contributed by atoms with E-state index in [9.17, 15) is 24.0 Å². The van der Waals surface area contributed by atoms with Gasteiger partial charge in [-0.3, -0.25) is 19.2 Å². The number of carbonyl (C=O) groups is 5. The molecule has 0 radical (unpaired) electrons. The first-order valence-electron chi connectivity index (χ1n) is 21.6. The van der Waals surface area contributed by atoms with Gasteiger partial charge in [0, 0.05) is 66.4 Å². The summed E-state index contributed by atoms with van der Waals surface area (Å²) in [5.41, 5.74) is -0.842. The zero-order chi connectivity index (χ0) is 44.9. The zero-order valence-electron chi connectivity index (χ0n) is 36.9. The summed E-state index contributed by atoms with van der Waals surface area (Å²) in [6, 6.07) is 9.76. The molecule has 1 aliphatic carbocycles. The first kappa shape index (κ1) is 48.1. The zero-order valence-corrected chi connectivity index (χ0v) is 37.6. The van der Waals surface area contributed by atoms with E-state index >= 15 is 0 Å². The van der Waals surface area contributed by atoms with E-state index in [-0.39, 0.29) is 41.2 Å². The highest BCUT2D eigenvalue weighted by atomic mass is 35.5. The van der Waals surface area contributed by atoms with Crippen LogP contribution in [0, 0.1) is 10.8 Å². The third-order valence-corrected chi connectivity index (χ3v) is 10.7. The van der Waals surface area contributed by atoms with E-state index in [2.05, 4.69) is 10.6 Å². The molecular weight excluding hydrogens is 816 g/mol. The molecule has 2 aromatic rings. The minimum atomic E-state index is -1.51. The number of fused-ring (bicyclic) bond motifs is 6. The van der Waals surface area contributed by atoms with Crippen LogP contribution < -0.4 is 24.8 Å². The largest absolute Gasteiger partial charge is 0.456 e. The lowest BCUT2D eigenvalue weighted by atomic mass is 9.76. The molecular formula is C48H61ClN2O11. The standard InChI is InChI=1S/C48H61ClN2O11/c1-46(2,3)44(55)59-33-17-21-37-39(30-33)61-40-31-34(60-45(56)47(4,5)6)18-22-38(40)48(37)36-20-16-32(15-19-35(36)43(54)62-48)42(53)51-24-12-9-10-14-41(52)50-25-27-58-29-28-57-26-13-8-7-11-23-49/h16-22,30-31H,7-15,23-29H2,1-6H3,(H,50,52)(H,51,53). The second-order valence-corrected chi connectivity index (χ2v) is 18.0. The molecule has 62 heavy (non-hydrogen) atoms. The van der Waals surface area contributed by atoms with Crippen LogP contribution in [-0.4, -0.2) is 75.1 Å². The van der Waals surface area contributed by atoms with Gasteiger partial charge < -0.3 is 39.1 Å². The molecule has 2 aromatic carbocycles. The fraction of sp³-hybridized carbons (Fsp3) is 0.521. The smallest absolute Gasteiger partial charge is 0.339 e. The molecule has 1 saturated heterocycles. The van der Waals surface area contributed by atoms with Crippen LogP contribution in [0.4, 0.5) is 0 Å². The Morgan fingerprint density at radius 1 is 0.710 bits per heavy atom. The summed E-state index contributed by atoms with van der Waals surface area (Å²) in [6.07, 6.45) is 12.1. The first-order chi connectivity index (χ1) is 29.5. The summed E-state index contributed by atoms with van der Waals surface area (Å²) >= 11 is 5.69. The van der Waals surface area contributed by atoms with Crippen LogP contribution in [0.3, 0.4) is 0 Å². The summed E-state index contributed by atoms with van der Waals surface area (Å²) in [5.74, 6) is -0.0943. The molecule has 5 rings (SSSR count). The highest BCUT2D eigenvalue weighted by Gasteiger charge is 2.56. The summed E-state index contributed by atoms with van der Waals surface area (Å²) in [7, 11) is 0. The Bertz CT molecular complexity index is 1980. The average molecular weight is 877 g/mol. The number of hydrogen-bond acceptors (Lipinski definition) is 11. The quantitative estimate of drug-likeness (QED) is 0.0537. The molecule has 2 heterocycles. The normalized spacial score (nSPS) is 15.1. The summed E-state index contributed by atoms with van der Waals surface area (Å²) in [6.45, 7) is 13.5. The molecule has 2 amide bonds. The van der Waals surface area contributed by atoms with Crippen molar-refractivity contribution in [1.29, 1.82) is 0 Å². The summed E-state index contributed by atoms with van der Waals surface area (Å²) < 4.78 is 35.2. The molecule has 1 spiro atoms. The van der Waals surface area contributed by atoms with Gasteiger partial charge in [0.05, 0.1) is 36.2 Å². The minimum absolute atomic E-state index is 0.0408. The Hall–Kier alpha value is -4.98. The SMILES string of the molecule is CC(C)(C)C(=O)Oc1ccc2c(c1)Oc1cc(OC(=O)C(C)(C)C)ccc1C21OC(=O)C2=CCC(C(=O)NCCCCCC(=O)NCCOCCOCCCCCCCl)=CC=C21. The maximum atomic E-state index is 13.8. The van der Waals surface area contributed by atoms with Crippen molar-refractivity contribution in [3.8, 4) is 23.0 Å². The van der Waals surface area contributed by atoms with E-state index in [0.29, 0.717) is 92.5 Å². The summed E-state index contributed by atoms with van der Waals surface area (Å²) in [4.78, 5) is 65.1. The lowest BCUT2D eigenvalue weighted by molar-refractivity contribution is -0.144. The topological polar surface area (TPSA) is 165 Å². The second-order valence-electron chi connectivity index (χ2n) is 17.6. The van der Waals surface area contributed by atoms with Gasteiger partial charge in [-0.15, -0.1) is 11.6 Å². The number of carbonyl (C=O) groups excluding carboxylic acids is 5. The highest BCUT2D eigenvalue weighted by Crippen LogP contribution is 2.59. The van der Waals surface area contributed by atoms with E-state index in [1.54, 1.807) is 96.2 Å². The number of nitrogens with one attached hydrogen (secondary N) is 2. The van der Waals surface area contributed by atoms with Crippen LogP contribution in [-0.2, 0) is 43.8 Å². The van der Waals surface area contributed by atoms with E-state index in [0.717, 1.165) is 32.1 Å². The molecule has 336 valence electrons. The Morgan fingerprint density at radius 2 is 1.31 bits per heavy atom. The number of alkyl halides is 1. The van der Waals surface area contributed by atoms with Crippen molar-refractivity contribution in [3.63, 3.8) is 0 Å². The van der Waals surface area contributed by atoms with E-state index in [1.165, 1.54) is 0 Å².